The van der Waals surface area contributed by atoms with Crippen molar-refractivity contribution < 1.29 is 9.53 Å². The van der Waals surface area contributed by atoms with Crippen LogP contribution in [-0.4, -0.2) is 16.9 Å². The fraction of sp³-hybridized carbons (Fsp3) is 0.909. The molecule has 0 amide bonds. The van der Waals surface area contributed by atoms with Crippen LogP contribution in [0.15, 0.2) is 0 Å². The SMILES string of the molecule is CCCCCCC(C)(C)OC(=O)CBr. The van der Waals surface area contributed by atoms with Crippen molar-refractivity contribution in [2.24, 2.45) is 0 Å². The van der Waals surface area contributed by atoms with Crippen molar-refractivity contribution in [3.05, 3.63) is 0 Å². The highest BCUT2D eigenvalue weighted by Crippen LogP contribution is 2.19. The maximum atomic E-state index is 11.0. The van der Waals surface area contributed by atoms with Crippen LogP contribution in [0.3, 0.4) is 0 Å². The minimum atomic E-state index is -0.307. The number of hydrogen-bond donors (Lipinski definition) is 0. The second-order valence-corrected chi connectivity index (χ2v) is 4.74. The molecule has 84 valence electrons. The van der Waals surface area contributed by atoms with Crippen LogP contribution >= 0.6 is 15.9 Å². The smallest absolute Gasteiger partial charge is 0.317 e. The highest BCUT2D eigenvalue weighted by atomic mass is 79.9. The number of carbonyl (C=O) groups excluding carboxylic acids is 1. The van der Waals surface area contributed by atoms with Gasteiger partial charge >= 0.3 is 5.97 Å². The molecule has 14 heavy (non-hydrogen) atoms. The highest BCUT2D eigenvalue weighted by molar-refractivity contribution is 9.09. The molecule has 0 unspecified atom stereocenters. The van der Waals surface area contributed by atoms with Crippen LogP contribution in [0.1, 0.15) is 52.9 Å². The van der Waals surface area contributed by atoms with E-state index in [4.69, 9.17) is 4.74 Å². The Morgan fingerprint density at radius 2 is 1.93 bits per heavy atom. The van der Waals surface area contributed by atoms with Crippen LogP contribution in [-0.2, 0) is 9.53 Å². The van der Waals surface area contributed by atoms with E-state index in [1.165, 1.54) is 19.3 Å². The molecule has 0 bridgehead atoms. The molecule has 0 N–H and O–H groups in total. The van der Waals surface area contributed by atoms with E-state index in [0.29, 0.717) is 0 Å². The van der Waals surface area contributed by atoms with E-state index in [9.17, 15) is 4.79 Å². The van der Waals surface area contributed by atoms with Crippen molar-refractivity contribution >= 4 is 21.9 Å². The standard InChI is InChI=1S/C11H21BrO2/c1-4-5-6-7-8-11(2,3)14-10(13)9-12/h4-9H2,1-3H3. The van der Waals surface area contributed by atoms with Crippen molar-refractivity contribution in [2.45, 2.75) is 58.5 Å². The minimum absolute atomic E-state index is 0.175. The summed E-state index contributed by atoms with van der Waals surface area (Å²) in [6.07, 6.45) is 5.82. The van der Waals surface area contributed by atoms with E-state index in [1.54, 1.807) is 0 Å². The largest absolute Gasteiger partial charge is 0.459 e. The number of carbonyl (C=O) groups is 1. The number of unbranched alkanes of at least 4 members (excludes halogenated alkanes) is 3. The molecule has 0 aliphatic carbocycles. The summed E-state index contributed by atoms with van der Waals surface area (Å²) in [5, 5.41) is 0.283. The molecule has 0 radical (unpaired) electrons. The lowest BCUT2D eigenvalue weighted by molar-refractivity contribution is -0.153. The van der Waals surface area contributed by atoms with Gasteiger partial charge in [-0.3, -0.25) is 4.79 Å². The van der Waals surface area contributed by atoms with Gasteiger partial charge in [-0.15, -0.1) is 0 Å². The van der Waals surface area contributed by atoms with Crippen molar-refractivity contribution in [1.82, 2.24) is 0 Å². The van der Waals surface area contributed by atoms with Crippen molar-refractivity contribution in [3.8, 4) is 0 Å². The van der Waals surface area contributed by atoms with E-state index >= 15 is 0 Å². The first kappa shape index (κ1) is 13.9. The molecule has 3 heteroatoms. The summed E-state index contributed by atoms with van der Waals surface area (Å²) in [6, 6.07) is 0. The van der Waals surface area contributed by atoms with Gasteiger partial charge in [0.1, 0.15) is 10.9 Å². The third-order valence-electron chi connectivity index (χ3n) is 2.13. The molecule has 0 heterocycles. The van der Waals surface area contributed by atoms with Gasteiger partial charge in [-0.05, 0) is 26.7 Å². The average Bonchev–Trinajstić information content (AvgIpc) is 2.12. The second kappa shape index (κ2) is 7.27. The zero-order valence-corrected chi connectivity index (χ0v) is 11.0. The van der Waals surface area contributed by atoms with Crippen LogP contribution < -0.4 is 0 Å². The van der Waals surface area contributed by atoms with Crippen molar-refractivity contribution in [3.63, 3.8) is 0 Å². The van der Waals surface area contributed by atoms with E-state index in [1.807, 2.05) is 13.8 Å². The van der Waals surface area contributed by atoms with E-state index in [2.05, 4.69) is 22.9 Å². The predicted molar refractivity (Wildman–Crippen MR) is 62.7 cm³/mol. The molecule has 0 aromatic heterocycles. The fourth-order valence-electron chi connectivity index (χ4n) is 1.36. The topological polar surface area (TPSA) is 26.3 Å². The summed E-state index contributed by atoms with van der Waals surface area (Å²) in [7, 11) is 0. The van der Waals surface area contributed by atoms with Gasteiger partial charge in [0.05, 0.1) is 0 Å². The average molecular weight is 265 g/mol. The maximum Gasteiger partial charge on any atom is 0.317 e. The molecule has 0 aliphatic heterocycles. The lowest BCUT2D eigenvalue weighted by Gasteiger charge is -2.24. The molecule has 0 saturated heterocycles. The molecular formula is C11H21BrO2. The summed E-state index contributed by atoms with van der Waals surface area (Å²) >= 11 is 3.09. The molecule has 0 aliphatic rings. The van der Waals surface area contributed by atoms with Crippen LogP contribution in [0.5, 0.6) is 0 Å². The third kappa shape index (κ3) is 7.36. The zero-order valence-electron chi connectivity index (χ0n) is 9.44. The van der Waals surface area contributed by atoms with Gasteiger partial charge in [-0.25, -0.2) is 0 Å². The van der Waals surface area contributed by atoms with E-state index in [0.717, 1.165) is 12.8 Å². The molecule has 0 aromatic carbocycles. The lowest BCUT2D eigenvalue weighted by atomic mass is 10.00. The quantitative estimate of drug-likeness (QED) is 0.399. The van der Waals surface area contributed by atoms with Gasteiger partial charge < -0.3 is 4.74 Å². The van der Waals surface area contributed by atoms with Crippen molar-refractivity contribution in [1.29, 1.82) is 0 Å². The summed E-state index contributed by atoms with van der Waals surface area (Å²) in [6.45, 7) is 6.13. The fourth-order valence-corrected chi connectivity index (χ4v) is 1.48. The molecule has 0 aromatic rings. The third-order valence-corrected chi connectivity index (χ3v) is 2.59. The molecule has 0 spiro atoms. The van der Waals surface area contributed by atoms with Gasteiger partial charge in [0.15, 0.2) is 0 Å². The molecule has 0 saturated carbocycles. The summed E-state index contributed by atoms with van der Waals surface area (Å²) in [5.41, 5.74) is -0.307. The first-order chi connectivity index (χ1) is 6.52. The predicted octanol–water partition coefficient (Wildman–Crippen LogP) is 3.67. The summed E-state index contributed by atoms with van der Waals surface area (Å²) in [5.74, 6) is -0.175. The number of halogens is 1. The molecule has 0 rings (SSSR count). The molecular weight excluding hydrogens is 244 g/mol. The van der Waals surface area contributed by atoms with Crippen molar-refractivity contribution in [2.75, 3.05) is 5.33 Å². The Hall–Kier alpha value is -0.0500. The molecule has 0 fully saturated rings. The monoisotopic (exact) mass is 264 g/mol. The second-order valence-electron chi connectivity index (χ2n) is 4.18. The number of ether oxygens (including phenoxy) is 1. The molecule has 0 atom stereocenters. The van der Waals surface area contributed by atoms with Gasteiger partial charge in [-0.2, -0.15) is 0 Å². The van der Waals surface area contributed by atoms with E-state index < -0.39 is 0 Å². The summed E-state index contributed by atoms with van der Waals surface area (Å²) in [4.78, 5) is 11.0. The Labute approximate surface area is 95.5 Å². The number of alkyl halides is 1. The van der Waals surface area contributed by atoms with Crippen LogP contribution in [0.2, 0.25) is 0 Å². The van der Waals surface area contributed by atoms with Gasteiger partial charge in [0, 0.05) is 0 Å². The van der Waals surface area contributed by atoms with E-state index in [-0.39, 0.29) is 16.9 Å². The Balaban J connectivity index is 3.66. The van der Waals surface area contributed by atoms with Crippen LogP contribution in [0.25, 0.3) is 0 Å². The number of rotatable bonds is 7. The van der Waals surface area contributed by atoms with Gasteiger partial charge in [0.2, 0.25) is 0 Å². The highest BCUT2D eigenvalue weighted by Gasteiger charge is 2.21. The zero-order chi connectivity index (χ0) is 11.0. The summed E-state index contributed by atoms with van der Waals surface area (Å²) < 4.78 is 5.28. The van der Waals surface area contributed by atoms with Crippen LogP contribution in [0.4, 0.5) is 0 Å². The first-order valence-corrected chi connectivity index (χ1v) is 6.42. The van der Waals surface area contributed by atoms with Crippen LogP contribution in [0, 0.1) is 0 Å². The Morgan fingerprint density at radius 3 is 2.43 bits per heavy atom. The Kier molecular flexibility index (Phi) is 7.24. The number of hydrogen-bond acceptors (Lipinski definition) is 2. The Bertz CT molecular complexity index is 167. The van der Waals surface area contributed by atoms with Gasteiger partial charge in [-0.1, -0.05) is 42.1 Å². The molecule has 2 nitrogen and oxygen atoms in total. The Morgan fingerprint density at radius 1 is 1.29 bits per heavy atom. The number of esters is 1. The normalized spacial score (nSPS) is 11.4. The first-order valence-electron chi connectivity index (χ1n) is 5.29. The minimum Gasteiger partial charge on any atom is -0.459 e. The lowest BCUT2D eigenvalue weighted by Crippen LogP contribution is -2.28. The maximum absolute atomic E-state index is 11.0. The van der Waals surface area contributed by atoms with Gasteiger partial charge in [0.25, 0.3) is 0 Å².